The van der Waals surface area contributed by atoms with E-state index < -0.39 is 23.9 Å². The number of amides is 4. The average molecular weight is 470 g/mol. The second-order valence-corrected chi connectivity index (χ2v) is 8.79. The Labute approximate surface area is 193 Å². The van der Waals surface area contributed by atoms with Crippen LogP contribution in [0.4, 0.5) is 19.7 Å². The molecule has 4 amide bonds. The number of nitrogens with two attached hydrogens (primary N) is 1. The van der Waals surface area contributed by atoms with Gasteiger partial charge in [0.2, 0.25) is 5.91 Å². The van der Waals surface area contributed by atoms with Crippen LogP contribution in [0.15, 0.2) is 48.7 Å². The van der Waals surface area contributed by atoms with Gasteiger partial charge in [-0.05, 0) is 30.4 Å². The van der Waals surface area contributed by atoms with Crippen LogP contribution in [0.2, 0.25) is 5.02 Å². The topological polar surface area (TPSA) is 109 Å². The van der Waals surface area contributed by atoms with Crippen LogP contribution in [-0.4, -0.2) is 40.0 Å². The number of nitrogens with one attached hydrogen (secondary N) is 2. The summed E-state index contributed by atoms with van der Waals surface area (Å²) in [6.07, 6.45) is 2.34. The van der Waals surface area contributed by atoms with Crippen molar-refractivity contribution in [2.75, 3.05) is 11.9 Å². The summed E-state index contributed by atoms with van der Waals surface area (Å²) in [5, 5.41) is 6.20. The zero-order valence-corrected chi connectivity index (χ0v) is 18.2. The number of urea groups is 1. The molecule has 0 radical (unpaired) electrons. The first kappa shape index (κ1) is 21.3. The van der Waals surface area contributed by atoms with Gasteiger partial charge in [0.05, 0.1) is 16.2 Å². The van der Waals surface area contributed by atoms with E-state index in [1.165, 1.54) is 21.7 Å². The van der Waals surface area contributed by atoms with Crippen molar-refractivity contribution in [3.63, 3.8) is 0 Å². The Morgan fingerprint density at radius 1 is 1.15 bits per heavy atom. The highest BCUT2D eigenvalue weighted by atomic mass is 35.5. The molecule has 2 fully saturated rings. The van der Waals surface area contributed by atoms with Crippen molar-refractivity contribution in [3.05, 3.63) is 65.1 Å². The van der Waals surface area contributed by atoms with E-state index in [9.17, 15) is 18.8 Å². The number of para-hydroxylation sites is 1. The quantitative estimate of drug-likeness (QED) is 0.543. The van der Waals surface area contributed by atoms with E-state index in [0.717, 1.165) is 6.42 Å². The fraction of sp³-hybridized carbons (Fsp3) is 0.261. The number of benzene rings is 2. The fourth-order valence-electron chi connectivity index (χ4n) is 4.63. The second kappa shape index (κ2) is 8.08. The van der Waals surface area contributed by atoms with Gasteiger partial charge in [0, 0.05) is 30.2 Å². The molecule has 0 bridgehead atoms. The lowest BCUT2D eigenvalue weighted by Gasteiger charge is -2.27. The Bertz CT molecular complexity index is 1290. The van der Waals surface area contributed by atoms with E-state index in [2.05, 4.69) is 10.6 Å². The summed E-state index contributed by atoms with van der Waals surface area (Å²) in [7, 11) is 0. The molecule has 1 saturated heterocycles. The van der Waals surface area contributed by atoms with Crippen molar-refractivity contribution in [3.8, 4) is 0 Å². The summed E-state index contributed by atoms with van der Waals surface area (Å²) in [5.41, 5.74) is 6.72. The molecule has 4 N–H and O–H groups in total. The molecule has 1 unspecified atom stereocenters. The molecule has 170 valence electrons. The number of hydrogen-bond acceptors (Lipinski definition) is 3. The molecule has 5 rings (SSSR count). The van der Waals surface area contributed by atoms with Gasteiger partial charge in [0.15, 0.2) is 0 Å². The van der Waals surface area contributed by atoms with Crippen LogP contribution in [0.1, 0.15) is 12.0 Å². The lowest BCUT2D eigenvalue weighted by molar-refractivity contribution is -0.125. The van der Waals surface area contributed by atoms with E-state index in [0.29, 0.717) is 23.1 Å². The van der Waals surface area contributed by atoms with Gasteiger partial charge in [-0.1, -0.05) is 41.9 Å². The maximum absolute atomic E-state index is 14.2. The molecule has 1 aliphatic heterocycles. The van der Waals surface area contributed by atoms with Crippen LogP contribution in [-0.2, 0) is 11.3 Å². The number of anilines is 1. The number of nitrogens with zero attached hydrogens (tertiary/aromatic N) is 2. The number of primary amides is 1. The van der Waals surface area contributed by atoms with Crippen LogP contribution < -0.4 is 16.4 Å². The predicted octanol–water partition coefficient (Wildman–Crippen LogP) is 3.53. The average Bonchev–Trinajstić information content (AvgIpc) is 3.30. The van der Waals surface area contributed by atoms with Crippen LogP contribution in [0, 0.1) is 17.7 Å². The van der Waals surface area contributed by atoms with Crippen molar-refractivity contribution in [2.24, 2.45) is 17.6 Å². The Hall–Kier alpha value is -3.59. The molecule has 1 aliphatic carbocycles. The van der Waals surface area contributed by atoms with E-state index in [1.807, 2.05) is 0 Å². The molecule has 3 atom stereocenters. The summed E-state index contributed by atoms with van der Waals surface area (Å²) in [6.45, 7) is 0.426. The monoisotopic (exact) mass is 469 g/mol. The van der Waals surface area contributed by atoms with Gasteiger partial charge in [0.25, 0.3) is 0 Å². The number of hydrogen-bond donors (Lipinski definition) is 3. The van der Waals surface area contributed by atoms with Gasteiger partial charge in [-0.2, -0.15) is 0 Å². The highest BCUT2D eigenvalue weighted by Gasteiger charge is 2.56. The van der Waals surface area contributed by atoms with E-state index in [1.54, 1.807) is 36.4 Å². The fourth-order valence-corrected chi connectivity index (χ4v) is 4.82. The molecule has 2 heterocycles. The molecular weight excluding hydrogens is 449 g/mol. The third-order valence-electron chi connectivity index (χ3n) is 6.35. The molecule has 2 aliphatic rings. The Kier molecular flexibility index (Phi) is 5.20. The maximum atomic E-state index is 14.2. The largest absolute Gasteiger partial charge is 0.351 e. The van der Waals surface area contributed by atoms with Crippen molar-refractivity contribution in [2.45, 2.75) is 19.0 Å². The molecular formula is C23H21ClFN5O3. The first-order valence-corrected chi connectivity index (χ1v) is 10.9. The molecule has 8 nitrogen and oxygen atoms in total. The smallest absolute Gasteiger partial charge is 0.323 e. The minimum atomic E-state index is -0.667. The van der Waals surface area contributed by atoms with E-state index in [4.69, 9.17) is 17.3 Å². The van der Waals surface area contributed by atoms with Crippen LogP contribution in [0.25, 0.3) is 10.9 Å². The standard InChI is InChI=1S/C23H21ClFN5O3/c24-16-6-3-4-12(19(16)25)9-27-21(31)20-15-8-13(15)10-30(20)23(33)28-17-11-29(22(26)32)18-7-2-1-5-14(17)18/h1-7,11,13,15,20H,8-10H2,(H2,26,32)(H,27,31)(H,28,33)/t13-,15?,20-/m0/s1. The van der Waals surface area contributed by atoms with Crippen molar-refractivity contribution >= 4 is 46.2 Å². The van der Waals surface area contributed by atoms with Gasteiger partial charge in [0.1, 0.15) is 11.9 Å². The third kappa shape index (κ3) is 3.78. The molecule has 0 spiro atoms. The Balaban J connectivity index is 1.32. The Morgan fingerprint density at radius 3 is 2.73 bits per heavy atom. The number of likely N-dealkylation sites (tertiary alicyclic amines) is 1. The molecule has 1 aromatic heterocycles. The second-order valence-electron chi connectivity index (χ2n) is 8.39. The predicted molar refractivity (Wildman–Crippen MR) is 121 cm³/mol. The lowest BCUT2D eigenvalue weighted by Crippen LogP contribution is -2.49. The van der Waals surface area contributed by atoms with E-state index in [-0.39, 0.29) is 34.9 Å². The number of halogens is 2. The highest BCUT2D eigenvalue weighted by molar-refractivity contribution is 6.30. The van der Waals surface area contributed by atoms with Crippen LogP contribution in [0.5, 0.6) is 0 Å². The number of rotatable bonds is 4. The molecule has 3 aromatic rings. The molecule has 2 aromatic carbocycles. The maximum Gasteiger partial charge on any atom is 0.323 e. The first-order chi connectivity index (χ1) is 15.8. The summed E-state index contributed by atoms with van der Waals surface area (Å²) in [4.78, 5) is 39.4. The van der Waals surface area contributed by atoms with E-state index >= 15 is 0 Å². The van der Waals surface area contributed by atoms with Gasteiger partial charge < -0.3 is 21.3 Å². The molecule has 1 saturated carbocycles. The third-order valence-corrected chi connectivity index (χ3v) is 6.65. The van der Waals surface area contributed by atoms with Gasteiger partial charge in [-0.25, -0.2) is 14.0 Å². The summed E-state index contributed by atoms with van der Waals surface area (Å²) in [6, 6.07) is 9.91. The van der Waals surface area contributed by atoms with Gasteiger partial charge in [-0.3, -0.25) is 9.36 Å². The number of carbonyl (C=O) groups is 3. The van der Waals surface area contributed by atoms with Gasteiger partial charge >= 0.3 is 12.1 Å². The number of piperidine rings is 1. The Morgan fingerprint density at radius 2 is 1.94 bits per heavy atom. The summed E-state index contributed by atoms with van der Waals surface area (Å²) < 4.78 is 15.4. The molecule has 33 heavy (non-hydrogen) atoms. The molecule has 10 heteroatoms. The number of carbonyl (C=O) groups excluding carboxylic acids is 3. The lowest BCUT2D eigenvalue weighted by atomic mass is 10.1. The number of aromatic nitrogens is 1. The normalized spacial score (nSPS) is 21.0. The van der Waals surface area contributed by atoms with Crippen molar-refractivity contribution in [1.29, 1.82) is 0 Å². The van der Waals surface area contributed by atoms with Crippen molar-refractivity contribution < 1.29 is 18.8 Å². The summed E-state index contributed by atoms with van der Waals surface area (Å²) >= 11 is 5.81. The number of fused-ring (bicyclic) bond motifs is 2. The zero-order chi connectivity index (χ0) is 23.3. The van der Waals surface area contributed by atoms with Gasteiger partial charge in [-0.15, -0.1) is 0 Å². The van der Waals surface area contributed by atoms with Crippen molar-refractivity contribution in [1.82, 2.24) is 14.8 Å². The zero-order valence-electron chi connectivity index (χ0n) is 17.4. The minimum absolute atomic E-state index is 0.0130. The minimum Gasteiger partial charge on any atom is -0.351 e. The van der Waals surface area contributed by atoms with Crippen LogP contribution in [0.3, 0.4) is 0 Å². The van der Waals surface area contributed by atoms with Crippen LogP contribution >= 0.6 is 11.6 Å². The summed E-state index contributed by atoms with van der Waals surface area (Å²) in [5.74, 6) is -0.571. The first-order valence-electron chi connectivity index (χ1n) is 10.5. The highest BCUT2D eigenvalue weighted by Crippen LogP contribution is 2.49. The SMILES string of the molecule is NC(=O)n1cc(NC(=O)N2C[C@@H]3CC3[C@H]2C(=O)NCc2cccc(Cl)c2F)c2ccccc21.